The Hall–Kier alpha value is -3.58. The van der Waals surface area contributed by atoms with Gasteiger partial charge in [-0.15, -0.1) is 0 Å². The molecule has 0 saturated heterocycles. The molecule has 0 heterocycles. The van der Waals surface area contributed by atoms with Crippen LogP contribution in [0.1, 0.15) is 30.1 Å². The Morgan fingerprint density at radius 3 is 2.18 bits per heavy atom. The quantitative estimate of drug-likeness (QED) is 0.291. The summed E-state index contributed by atoms with van der Waals surface area (Å²) in [5, 5.41) is 5.90. The number of unbranched alkanes of at least 4 members (excludes halogenated alkanes) is 1. The molecule has 0 saturated carbocycles. The van der Waals surface area contributed by atoms with E-state index in [1.54, 1.807) is 24.3 Å². The van der Waals surface area contributed by atoms with Crippen molar-refractivity contribution in [2.75, 3.05) is 25.1 Å². The molecule has 7 heteroatoms. The maximum atomic E-state index is 12.5. The van der Waals surface area contributed by atoms with Gasteiger partial charge in [0.1, 0.15) is 30.5 Å². The van der Waals surface area contributed by atoms with Gasteiger partial charge in [0.05, 0.1) is 12.3 Å². The van der Waals surface area contributed by atoms with Crippen molar-refractivity contribution in [1.29, 1.82) is 0 Å². The molecule has 0 aliphatic rings. The number of ether oxygens (including phenoxy) is 3. The van der Waals surface area contributed by atoms with Gasteiger partial charge in [0, 0.05) is 5.56 Å². The molecule has 0 aliphatic carbocycles. The zero-order valence-corrected chi connectivity index (χ0v) is 19.4. The minimum Gasteiger partial charge on any atom is -0.494 e. The average molecular weight is 465 g/mol. The lowest BCUT2D eigenvalue weighted by molar-refractivity contribution is 0.0977. The Morgan fingerprint density at radius 2 is 1.42 bits per heavy atom. The number of thiocarbonyl (C=S) groups is 1. The number of rotatable bonds is 11. The highest BCUT2D eigenvalue weighted by molar-refractivity contribution is 7.80. The SMILES string of the molecule is CCCCOc1ccc(C(=O)NC(=S)Nc2ccccc2OCCOc2ccccc2)cc1. The van der Waals surface area contributed by atoms with E-state index in [1.165, 1.54) is 0 Å². The molecule has 0 spiro atoms. The van der Waals surface area contributed by atoms with E-state index in [4.69, 9.17) is 26.4 Å². The predicted molar refractivity (Wildman–Crippen MR) is 134 cm³/mol. The zero-order chi connectivity index (χ0) is 23.3. The van der Waals surface area contributed by atoms with Crippen LogP contribution in [-0.2, 0) is 0 Å². The number of benzene rings is 3. The van der Waals surface area contributed by atoms with Crippen molar-refractivity contribution in [2.45, 2.75) is 19.8 Å². The summed E-state index contributed by atoms with van der Waals surface area (Å²) >= 11 is 5.32. The average Bonchev–Trinajstić information content (AvgIpc) is 2.84. The first-order valence-electron chi connectivity index (χ1n) is 10.9. The molecule has 0 bridgehead atoms. The van der Waals surface area contributed by atoms with Gasteiger partial charge in [-0.05, 0) is 67.2 Å². The fourth-order valence-corrected chi connectivity index (χ4v) is 3.09. The van der Waals surface area contributed by atoms with Crippen LogP contribution in [0, 0.1) is 0 Å². The summed E-state index contributed by atoms with van der Waals surface area (Å²) in [6.45, 7) is 3.53. The van der Waals surface area contributed by atoms with Crippen molar-refractivity contribution in [2.24, 2.45) is 0 Å². The number of carbonyl (C=O) groups is 1. The Labute approximate surface area is 199 Å². The van der Waals surface area contributed by atoms with Gasteiger partial charge in [0.15, 0.2) is 5.11 Å². The second kappa shape index (κ2) is 13.1. The third kappa shape index (κ3) is 8.12. The van der Waals surface area contributed by atoms with E-state index in [-0.39, 0.29) is 11.0 Å². The lowest BCUT2D eigenvalue weighted by atomic mass is 10.2. The summed E-state index contributed by atoms with van der Waals surface area (Å²) in [7, 11) is 0. The van der Waals surface area contributed by atoms with E-state index in [1.807, 2.05) is 54.6 Å². The van der Waals surface area contributed by atoms with Crippen LogP contribution in [-0.4, -0.2) is 30.8 Å². The molecule has 3 aromatic rings. The lowest BCUT2D eigenvalue weighted by Gasteiger charge is -2.15. The van der Waals surface area contributed by atoms with Crippen LogP contribution in [0.15, 0.2) is 78.9 Å². The minimum absolute atomic E-state index is 0.180. The molecule has 0 unspecified atom stereocenters. The van der Waals surface area contributed by atoms with Gasteiger partial charge < -0.3 is 19.5 Å². The minimum atomic E-state index is -0.303. The summed E-state index contributed by atoms with van der Waals surface area (Å²) in [6, 6.07) is 23.9. The van der Waals surface area contributed by atoms with E-state index in [0.29, 0.717) is 36.8 Å². The summed E-state index contributed by atoms with van der Waals surface area (Å²) in [4.78, 5) is 12.5. The van der Waals surface area contributed by atoms with E-state index >= 15 is 0 Å². The number of hydrogen-bond acceptors (Lipinski definition) is 5. The van der Waals surface area contributed by atoms with Gasteiger partial charge in [-0.1, -0.05) is 43.7 Å². The van der Waals surface area contributed by atoms with Gasteiger partial charge in [-0.2, -0.15) is 0 Å². The first-order valence-corrected chi connectivity index (χ1v) is 11.3. The Kier molecular flexibility index (Phi) is 9.54. The molecule has 3 aromatic carbocycles. The van der Waals surface area contributed by atoms with Gasteiger partial charge in [0.2, 0.25) is 0 Å². The first kappa shape index (κ1) is 24.1. The van der Waals surface area contributed by atoms with Crippen molar-refractivity contribution in [3.8, 4) is 17.2 Å². The van der Waals surface area contributed by atoms with Crippen LogP contribution in [0.2, 0.25) is 0 Å². The third-order valence-corrected chi connectivity index (χ3v) is 4.80. The van der Waals surface area contributed by atoms with Gasteiger partial charge >= 0.3 is 0 Å². The number of amides is 1. The second-order valence-electron chi connectivity index (χ2n) is 7.14. The molecule has 0 radical (unpaired) electrons. The van der Waals surface area contributed by atoms with E-state index < -0.39 is 0 Å². The summed E-state index contributed by atoms with van der Waals surface area (Å²) in [6.07, 6.45) is 2.06. The Morgan fingerprint density at radius 1 is 0.788 bits per heavy atom. The van der Waals surface area contributed by atoms with Crippen molar-refractivity contribution >= 4 is 28.9 Å². The van der Waals surface area contributed by atoms with Gasteiger partial charge in [-0.25, -0.2) is 0 Å². The number of para-hydroxylation sites is 3. The molecular weight excluding hydrogens is 436 g/mol. The maximum Gasteiger partial charge on any atom is 0.257 e. The smallest absolute Gasteiger partial charge is 0.257 e. The zero-order valence-electron chi connectivity index (χ0n) is 18.6. The highest BCUT2D eigenvalue weighted by atomic mass is 32.1. The van der Waals surface area contributed by atoms with Crippen molar-refractivity contribution < 1.29 is 19.0 Å². The molecule has 0 fully saturated rings. The number of carbonyl (C=O) groups excluding carboxylic acids is 1. The van der Waals surface area contributed by atoms with Crippen LogP contribution in [0.5, 0.6) is 17.2 Å². The molecule has 172 valence electrons. The Balaban J connectivity index is 1.48. The molecule has 2 N–H and O–H groups in total. The molecule has 3 rings (SSSR count). The van der Waals surface area contributed by atoms with E-state index in [9.17, 15) is 4.79 Å². The first-order chi connectivity index (χ1) is 16.2. The predicted octanol–water partition coefficient (Wildman–Crippen LogP) is 5.45. The molecule has 1 amide bonds. The summed E-state index contributed by atoms with van der Waals surface area (Å²) < 4.78 is 17.1. The monoisotopic (exact) mass is 464 g/mol. The molecule has 33 heavy (non-hydrogen) atoms. The molecule has 0 aromatic heterocycles. The summed E-state index contributed by atoms with van der Waals surface area (Å²) in [5.41, 5.74) is 1.15. The van der Waals surface area contributed by atoms with Crippen LogP contribution in [0.3, 0.4) is 0 Å². The Bertz CT molecular complexity index is 1030. The highest BCUT2D eigenvalue weighted by Gasteiger charge is 2.10. The highest BCUT2D eigenvalue weighted by Crippen LogP contribution is 2.23. The van der Waals surface area contributed by atoms with E-state index in [2.05, 4.69) is 17.6 Å². The lowest BCUT2D eigenvalue weighted by Crippen LogP contribution is -2.34. The fourth-order valence-electron chi connectivity index (χ4n) is 2.89. The van der Waals surface area contributed by atoms with E-state index in [0.717, 1.165) is 24.3 Å². The molecule has 0 atom stereocenters. The number of nitrogens with one attached hydrogen (secondary N) is 2. The molecular formula is C26H28N2O4S. The van der Waals surface area contributed by atoms with Crippen molar-refractivity contribution in [3.05, 3.63) is 84.4 Å². The summed E-state index contributed by atoms with van der Waals surface area (Å²) in [5.74, 6) is 1.83. The number of hydrogen-bond donors (Lipinski definition) is 2. The third-order valence-electron chi connectivity index (χ3n) is 4.60. The van der Waals surface area contributed by atoms with Crippen LogP contribution >= 0.6 is 12.2 Å². The molecule has 6 nitrogen and oxygen atoms in total. The van der Waals surface area contributed by atoms with Gasteiger partial charge in [0.25, 0.3) is 5.91 Å². The van der Waals surface area contributed by atoms with Crippen LogP contribution in [0.4, 0.5) is 5.69 Å². The van der Waals surface area contributed by atoms with Crippen molar-refractivity contribution in [1.82, 2.24) is 5.32 Å². The van der Waals surface area contributed by atoms with Crippen LogP contribution < -0.4 is 24.8 Å². The standard InChI is InChI=1S/C26H28N2O4S/c1-2-3-17-30-22-15-13-20(14-16-22)25(29)28-26(33)27-23-11-7-8-12-24(23)32-19-18-31-21-9-5-4-6-10-21/h4-16H,2-3,17-19H2,1H3,(H2,27,28,29,33). The van der Waals surface area contributed by atoms with Crippen molar-refractivity contribution in [3.63, 3.8) is 0 Å². The number of anilines is 1. The topological polar surface area (TPSA) is 68.8 Å². The maximum absolute atomic E-state index is 12.5. The largest absolute Gasteiger partial charge is 0.494 e. The van der Waals surface area contributed by atoms with Crippen LogP contribution in [0.25, 0.3) is 0 Å². The second-order valence-corrected chi connectivity index (χ2v) is 7.55. The van der Waals surface area contributed by atoms with Gasteiger partial charge in [-0.3, -0.25) is 10.1 Å². The molecule has 0 aliphatic heterocycles. The fraction of sp³-hybridized carbons (Fsp3) is 0.231. The normalized spacial score (nSPS) is 10.2.